The third-order valence-corrected chi connectivity index (χ3v) is 3.19. The Morgan fingerprint density at radius 2 is 2.50 bits per heavy atom. The maximum atomic E-state index is 5.52. The van der Waals surface area contributed by atoms with Gasteiger partial charge in [0.2, 0.25) is 0 Å². The lowest BCUT2D eigenvalue weighted by Gasteiger charge is -2.28. The van der Waals surface area contributed by atoms with Gasteiger partial charge in [-0.25, -0.2) is 4.98 Å². The van der Waals surface area contributed by atoms with Crippen molar-refractivity contribution < 1.29 is 4.74 Å². The highest BCUT2D eigenvalue weighted by molar-refractivity contribution is 4.91. The standard InChI is InChI=1S/C12H21N3O/c1-10-9-11(4-8-16-10)13-5-3-12-14-6-7-15(12)2/h6-7,10-11,13H,3-5,8-9H2,1-2H3. The third-order valence-electron chi connectivity index (χ3n) is 3.19. The lowest BCUT2D eigenvalue weighted by Crippen LogP contribution is -2.39. The van der Waals surface area contributed by atoms with E-state index in [0.29, 0.717) is 12.1 Å². The summed E-state index contributed by atoms with van der Waals surface area (Å²) in [5.74, 6) is 1.15. The number of nitrogens with one attached hydrogen (secondary N) is 1. The Balaban J connectivity index is 1.70. The second-order valence-electron chi connectivity index (χ2n) is 4.56. The largest absolute Gasteiger partial charge is 0.378 e. The van der Waals surface area contributed by atoms with Crippen LogP contribution in [0.2, 0.25) is 0 Å². The van der Waals surface area contributed by atoms with Crippen molar-refractivity contribution in [1.29, 1.82) is 0 Å². The SMILES string of the molecule is CC1CC(NCCc2nccn2C)CCO1. The number of hydrogen-bond acceptors (Lipinski definition) is 3. The molecule has 0 spiro atoms. The van der Waals surface area contributed by atoms with Crippen LogP contribution in [0.3, 0.4) is 0 Å². The van der Waals surface area contributed by atoms with E-state index in [-0.39, 0.29) is 0 Å². The molecule has 0 aliphatic carbocycles. The second kappa shape index (κ2) is 5.46. The quantitative estimate of drug-likeness (QED) is 0.831. The van der Waals surface area contributed by atoms with E-state index in [1.54, 1.807) is 0 Å². The molecular weight excluding hydrogens is 202 g/mol. The molecule has 2 atom stereocenters. The smallest absolute Gasteiger partial charge is 0.109 e. The Morgan fingerprint density at radius 3 is 3.19 bits per heavy atom. The Hall–Kier alpha value is -0.870. The molecule has 90 valence electrons. The van der Waals surface area contributed by atoms with Gasteiger partial charge in [0.15, 0.2) is 0 Å². The molecule has 2 heterocycles. The fourth-order valence-corrected chi connectivity index (χ4v) is 2.21. The molecule has 1 aromatic heterocycles. The monoisotopic (exact) mass is 223 g/mol. The second-order valence-corrected chi connectivity index (χ2v) is 4.56. The minimum absolute atomic E-state index is 0.402. The molecule has 1 fully saturated rings. The lowest BCUT2D eigenvalue weighted by atomic mass is 10.0. The van der Waals surface area contributed by atoms with Crippen molar-refractivity contribution in [3.63, 3.8) is 0 Å². The molecule has 0 aromatic carbocycles. The number of aromatic nitrogens is 2. The molecule has 1 aliphatic heterocycles. The van der Waals surface area contributed by atoms with Crippen LogP contribution in [0, 0.1) is 0 Å². The summed E-state index contributed by atoms with van der Waals surface area (Å²) in [5, 5.41) is 3.58. The summed E-state index contributed by atoms with van der Waals surface area (Å²) in [5.41, 5.74) is 0. The lowest BCUT2D eigenvalue weighted by molar-refractivity contribution is 0.0135. The average Bonchev–Trinajstić information content (AvgIpc) is 2.65. The number of hydrogen-bond donors (Lipinski definition) is 1. The molecule has 16 heavy (non-hydrogen) atoms. The van der Waals surface area contributed by atoms with Gasteiger partial charge in [-0.3, -0.25) is 0 Å². The van der Waals surface area contributed by atoms with Crippen molar-refractivity contribution in [3.8, 4) is 0 Å². The van der Waals surface area contributed by atoms with Gasteiger partial charge in [0.05, 0.1) is 6.10 Å². The Morgan fingerprint density at radius 1 is 1.62 bits per heavy atom. The number of aryl methyl sites for hydroxylation is 1. The van der Waals surface area contributed by atoms with E-state index >= 15 is 0 Å². The predicted octanol–water partition coefficient (Wildman–Crippen LogP) is 1.12. The minimum atomic E-state index is 0.402. The van der Waals surface area contributed by atoms with Crippen LogP contribution in [0.4, 0.5) is 0 Å². The molecule has 4 heteroatoms. The van der Waals surface area contributed by atoms with Crippen LogP contribution in [-0.4, -0.2) is 34.8 Å². The first-order chi connectivity index (χ1) is 7.75. The van der Waals surface area contributed by atoms with Gasteiger partial charge >= 0.3 is 0 Å². The zero-order chi connectivity index (χ0) is 11.4. The van der Waals surface area contributed by atoms with E-state index in [1.165, 1.54) is 0 Å². The van der Waals surface area contributed by atoms with Crippen LogP contribution in [0.15, 0.2) is 12.4 Å². The zero-order valence-electron chi connectivity index (χ0n) is 10.1. The van der Waals surface area contributed by atoms with Gasteiger partial charge in [-0.15, -0.1) is 0 Å². The number of imidazole rings is 1. The zero-order valence-corrected chi connectivity index (χ0v) is 10.1. The maximum Gasteiger partial charge on any atom is 0.109 e. The highest BCUT2D eigenvalue weighted by Crippen LogP contribution is 2.12. The number of ether oxygens (including phenoxy) is 1. The van der Waals surface area contributed by atoms with Crippen molar-refractivity contribution in [1.82, 2.24) is 14.9 Å². The first-order valence-corrected chi connectivity index (χ1v) is 6.07. The molecule has 0 bridgehead atoms. The highest BCUT2D eigenvalue weighted by atomic mass is 16.5. The van der Waals surface area contributed by atoms with Crippen LogP contribution >= 0.6 is 0 Å². The molecule has 0 radical (unpaired) electrons. The Labute approximate surface area is 97.0 Å². The van der Waals surface area contributed by atoms with E-state index in [9.17, 15) is 0 Å². The summed E-state index contributed by atoms with van der Waals surface area (Å²) < 4.78 is 7.60. The molecule has 4 nitrogen and oxygen atoms in total. The van der Waals surface area contributed by atoms with Crippen LogP contribution in [-0.2, 0) is 18.2 Å². The maximum absolute atomic E-state index is 5.52. The molecular formula is C12H21N3O. The van der Waals surface area contributed by atoms with Crippen molar-refractivity contribution in [2.24, 2.45) is 7.05 Å². The van der Waals surface area contributed by atoms with Crippen LogP contribution < -0.4 is 5.32 Å². The van der Waals surface area contributed by atoms with E-state index in [2.05, 4.69) is 21.8 Å². The molecule has 1 aromatic rings. The predicted molar refractivity (Wildman–Crippen MR) is 63.4 cm³/mol. The van der Waals surface area contributed by atoms with E-state index < -0.39 is 0 Å². The average molecular weight is 223 g/mol. The molecule has 1 aliphatic rings. The normalized spacial score (nSPS) is 25.9. The molecule has 1 saturated heterocycles. The molecule has 1 N–H and O–H groups in total. The van der Waals surface area contributed by atoms with Crippen LogP contribution in [0.5, 0.6) is 0 Å². The van der Waals surface area contributed by atoms with Gasteiger partial charge < -0.3 is 14.6 Å². The van der Waals surface area contributed by atoms with Crippen molar-refractivity contribution in [2.45, 2.75) is 38.3 Å². The van der Waals surface area contributed by atoms with Gasteiger partial charge in [-0.1, -0.05) is 0 Å². The highest BCUT2D eigenvalue weighted by Gasteiger charge is 2.18. The number of rotatable bonds is 4. The van der Waals surface area contributed by atoms with E-state index in [1.807, 2.05) is 19.4 Å². The fraction of sp³-hybridized carbons (Fsp3) is 0.750. The summed E-state index contributed by atoms with van der Waals surface area (Å²) in [7, 11) is 2.04. The molecule has 2 unspecified atom stereocenters. The van der Waals surface area contributed by atoms with Gasteiger partial charge in [0.25, 0.3) is 0 Å². The van der Waals surface area contributed by atoms with Gasteiger partial charge in [0, 0.05) is 45.1 Å². The minimum Gasteiger partial charge on any atom is -0.378 e. The summed E-state index contributed by atoms with van der Waals surface area (Å²) in [6, 6.07) is 0.615. The summed E-state index contributed by atoms with van der Waals surface area (Å²) in [4.78, 5) is 4.31. The van der Waals surface area contributed by atoms with Gasteiger partial charge in [-0.2, -0.15) is 0 Å². The van der Waals surface area contributed by atoms with Crippen LogP contribution in [0.25, 0.3) is 0 Å². The van der Waals surface area contributed by atoms with Crippen molar-refractivity contribution in [2.75, 3.05) is 13.2 Å². The molecule has 2 rings (SSSR count). The first-order valence-electron chi connectivity index (χ1n) is 6.07. The summed E-state index contributed by atoms with van der Waals surface area (Å²) >= 11 is 0. The van der Waals surface area contributed by atoms with Gasteiger partial charge in [0.1, 0.15) is 5.82 Å². The molecule has 0 saturated carbocycles. The van der Waals surface area contributed by atoms with Gasteiger partial charge in [-0.05, 0) is 19.8 Å². The first kappa shape index (κ1) is 11.6. The molecule has 0 amide bonds. The Bertz CT molecular complexity index is 324. The van der Waals surface area contributed by atoms with E-state index in [4.69, 9.17) is 4.74 Å². The fourth-order valence-electron chi connectivity index (χ4n) is 2.21. The van der Waals surface area contributed by atoms with Crippen molar-refractivity contribution >= 4 is 0 Å². The number of nitrogens with zero attached hydrogens (tertiary/aromatic N) is 2. The van der Waals surface area contributed by atoms with Crippen molar-refractivity contribution in [3.05, 3.63) is 18.2 Å². The summed E-state index contributed by atoms with van der Waals surface area (Å²) in [6.45, 7) is 4.04. The Kier molecular flexibility index (Phi) is 3.96. The van der Waals surface area contributed by atoms with E-state index in [0.717, 1.165) is 38.2 Å². The van der Waals surface area contributed by atoms with Crippen LogP contribution in [0.1, 0.15) is 25.6 Å². The topological polar surface area (TPSA) is 39.1 Å². The third kappa shape index (κ3) is 3.06. The summed E-state index contributed by atoms with van der Waals surface area (Å²) in [6.07, 6.45) is 7.50.